The Balaban J connectivity index is 1.50. The van der Waals surface area contributed by atoms with Crippen LogP contribution in [0.15, 0.2) is 60.8 Å². The van der Waals surface area contributed by atoms with E-state index in [0.717, 1.165) is 58.4 Å². The Morgan fingerprint density at radius 2 is 1.88 bits per heavy atom. The maximum Gasteiger partial charge on any atom is 0.153 e. The molecule has 4 N–H and O–H groups in total. The summed E-state index contributed by atoms with van der Waals surface area (Å²) in [7, 11) is 0. The van der Waals surface area contributed by atoms with Gasteiger partial charge in [0.15, 0.2) is 5.82 Å². The van der Waals surface area contributed by atoms with Gasteiger partial charge >= 0.3 is 0 Å². The van der Waals surface area contributed by atoms with Gasteiger partial charge in [-0.25, -0.2) is 4.98 Å². The topological polar surface area (TPSA) is 86.6 Å². The van der Waals surface area contributed by atoms with E-state index in [1.165, 1.54) is 24.0 Å². The summed E-state index contributed by atoms with van der Waals surface area (Å²) in [6, 6.07) is 19.3. The smallest absolute Gasteiger partial charge is 0.153 e. The lowest BCUT2D eigenvalue weighted by atomic mass is 10.0. The molecular weight excluding hydrogens is 408 g/mol. The summed E-state index contributed by atoms with van der Waals surface area (Å²) in [6.45, 7) is 7.66. The third-order valence-corrected chi connectivity index (χ3v) is 6.35. The van der Waals surface area contributed by atoms with Crippen LogP contribution < -0.4 is 5.73 Å². The van der Waals surface area contributed by atoms with Crippen LogP contribution in [0.4, 0.5) is 5.82 Å². The molecule has 33 heavy (non-hydrogen) atoms. The molecule has 3 aromatic heterocycles. The number of benzene rings is 2. The van der Waals surface area contributed by atoms with Crippen LogP contribution >= 0.6 is 0 Å². The van der Waals surface area contributed by atoms with E-state index in [-0.39, 0.29) is 0 Å². The SMILES string of the molecule is CCCCN(CC)Cc1cccc(-c2cc3c(-c4ccc5[nH]nc(N)c5c4)ccnc3[nH]2)c1. The Kier molecular flexibility index (Phi) is 5.84. The minimum Gasteiger partial charge on any atom is -0.382 e. The monoisotopic (exact) mass is 438 g/mol. The fourth-order valence-electron chi connectivity index (χ4n) is 4.46. The number of nitrogens with one attached hydrogen (secondary N) is 2. The average Bonchev–Trinajstić information content (AvgIpc) is 3.45. The van der Waals surface area contributed by atoms with Crippen LogP contribution in [0.3, 0.4) is 0 Å². The number of aromatic amines is 2. The highest BCUT2D eigenvalue weighted by Gasteiger charge is 2.12. The highest BCUT2D eigenvalue weighted by Crippen LogP contribution is 2.33. The minimum absolute atomic E-state index is 0.517. The van der Waals surface area contributed by atoms with Crippen molar-refractivity contribution in [2.45, 2.75) is 33.2 Å². The molecule has 0 aliphatic heterocycles. The number of anilines is 1. The van der Waals surface area contributed by atoms with E-state index >= 15 is 0 Å². The van der Waals surface area contributed by atoms with Crippen LogP contribution in [0.2, 0.25) is 0 Å². The molecule has 0 unspecified atom stereocenters. The van der Waals surface area contributed by atoms with Crippen LogP contribution in [-0.4, -0.2) is 38.2 Å². The first-order valence-electron chi connectivity index (χ1n) is 11.7. The molecule has 0 saturated heterocycles. The van der Waals surface area contributed by atoms with E-state index in [0.29, 0.717) is 5.82 Å². The van der Waals surface area contributed by atoms with Crippen LogP contribution in [0.1, 0.15) is 32.3 Å². The van der Waals surface area contributed by atoms with E-state index < -0.39 is 0 Å². The van der Waals surface area contributed by atoms with Crippen molar-refractivity contribution in [1.82, 2.24) is 25.1 Å². The number of hydrogen-bond donors (Lipinski definition) is 3. The average molecular weight is 439 g/mol. The molecular formula is C27H30N6. The number of H-pyrrole nitrogens is 2. The van der Waals surface area contributed by atoms with Gasteiger partial charge in [-0.3, -0.25) is 10.00 Å². The molecule has 0 aliphatic carbocycles. The van der Waals surface area contributed by atoms with Gasteiger partial charge in [-0.05, 0) is 72.1 Å². The largest absolute Gasteiger partial charge is 0.382 e. The molecule has 0 saturated carbocycles. The molecule has 6 heteroatoms. The molecule has 6 nitrogen and oxygen atoms in total. The van der Waals surface area contributed by atoms with Crippen LogP contribution in [-0.2, 0) is 6.54 Å². The number of pyridine rings is 1. The number of fused-ring (bicyclic) bond motifs is 2. The number of nitrogens with zero attached hydrogens (tertiary/aromatic N) is 3. The maximum atomic E-state index is 6.04. The summed E-state index contributed by atoms with van der Waals surface area (Å²) in [5.74, 6) is 0.517. The molecule has 5 aromatic rings. The fourth-order valence-corrected chi connectivity index (χ4v) is 4.46. The number of nitrogens with two attached hydrogens (primary N) is 1. The lowest BCUT2D eigenvalue weighted by Gasteiger charge is -2.20. The molecule has 0 atom stereocenters. The molecule has 0 aliphatic rings. The van der Waals surface area contributed by atoms with Crippen molar-refractivity contribution in [2.24, 2.45) is 0 Å². The highest BCUT2D eigenvalue weighted by atomic mass is 15.1. The van der Waals surface area contributed by atoms with E-state index in [1.54, 1.807) is 0 Å². The van der Waals surface area contributed by atoms with Gasteiger partial charge in [-0.15, -0.1) is 0 Å². The highest BCUT2D eigenvalue weighted by molar-refractivity contribution is 5.99. The molecule has 0 radical (unpaired) electrons. The number of hydrogen-bond acceptors (Lipinski definition) is 4. The van der Waals surface area contributed by atoms with Crippen LogP contribution in [0.25, 0.3) is 44.3 Å². The first-order chi connectivity index (χ1) is 16.2. The van der Waals surface area contributed by atoms with E-state index in [4.69, 9.17) is 5.73 Å². The predicted molar refractivity (Wildman–Crippen MR) is 137 cm³/mol. The molecule has 168 valence electrons. The van der Waals surface area contributed by atoms with Crippen molar-refractivity contribution < 1.29 is 0 Å². The Morgan fingerprint density at radius 3 is 2.73 bits per heavy atom. The Labute approximate surface area is 193 Å². The second kappa shape index (κ2) is 9.08. The summed E-state index contributed by atoms with van der Waals surface area (Å²) in [5.41, 5.74) is 13.7. The lowest BCUT2D eigenvalue weighted by molar-refractivity contribution is 0.275. The Hall–Kier alpha value is -3.64. The van der Waals surface area contributed by atoms with Gasteiger partial charge in [0, 0.05) is 29.2 Å². The number of unbranched alkanes of at least 4 members (excludes halogenated alkanes) is 1. The lowest BCUT2D eigenvalue weighted by Crippen LogP contribution is -2.23. The standard InChI is InChI=1S/C27H30N6/c1-3-5-13-33(4-2)17-18-7-6-8-20(14-18)25-16-22-21(11-12-29-27(22)30-25)19-9-10-24-23(15-19)26(28)32-31-24/h6-12,14-16H,3-5,13,17H2,1-2H3,(H,29,30)(H3,28,31,32). The first-order valence-corrected chi connectivity index (χ1v) is 11.7. The summed E-state index contributed by atoms with van der Waals surface area (Å²) in [6.07, 6.45) is 4.31. The van der Waals surface area contributed by atoms with Gasteiger partial charge in [-0.2, -0.15) is 5.10 Å². The van der Waals surface area contributed by atoms with E-state index in [1.807, 2.05) is 12.3 Å². The third kappa shape index (κ3) is 4.22. The van der Waals surface area contributed by atoms with Gasteiger partial charge in [0.1, 0.15) is 5.65 Å². The zero-order valence-corrected chi connectivity index (χ0v) is 19.2. The number of aromatic nitrogens is 4. The predicted octanol–water partition coefficient (Wildman–Crippen LogP) is 5.98. The van der Waals surface area contributed by atoms with Gasteiger partial charge in [0.05, 0.1) is 5.52 Å². The van der Waals surface area contributed by atoms with Crippen LogP contribution in [0.5, 0.6) is 0 Å². The van der Waals surface area contributed by atoms with Crippen molar-refractivity contribution in [3.63, 3.8) is 0 Å². The van der Waals surface area contributed by atoms with Crippen molar-refractivity contribution >= 4 is 27.8 Å². The van der Waals surface area contributed by atoms with E-state index in [9.17, 15) is 0 Å². The van der Waals surface area contributed by atoms with Crippen LogP contribution in [0, 0.1) is 0 Å². The Bertz CT molecular complexity index is 1400. The number of nitrogen functional groups attached to an aromatic ring is 1. The summed E-state index contributed by atoms with van der Waals surface area (Å²) < 4.78 is 0. The quantitative estimate of drug-likeness (QED) is 0.278. The Morgan fingerprint density at radius 1 is 0.970 bits per heavy atom. The zero-order valence-electron chi connectivity index (χ0n) is 19.2. The van der Waals surface area contributed by atoms with Gasteiger partial charge in [0.25, 0.3) is 0 Å². The van der Waals surface area contributed by atoms with Crippen molar-refractivity contribution in [3.05, 3.63) is 66.4 Å². The molecule has 0 spiro atoms. The second-order valence-corrected chi connectivity index (χ2v) is 8.60. The first kappa shape index (κ1) is 21.2. The van der Waals surface area contributed by atoms with Crippen molar-refractivity contribution in [1.29, 1.82) is 0 Å². The molecule has 3 heterocycles. The van der Waals surface area contributed by atoms with Crippen molar-refractivity contribution in [3.8, 4) is 22.4 Å². The third-order valence-electron chi connectivity index (χ3n) is 6.35. The molecule has 0 fully saturated rings. The van der Waals surface area contributed by atoms with Gasteiger partial charge in [-0.1, -0.05) is 44.5 Å². The summed E-state index contributed by atoms with van der Waals surface area (Å²) in [4.78, 5) is 10.6. The molecule has 5 rings (SSSR count). The van der Waals surface area contributed by atoms with Crippen molar-refractivity contribution in [2.75, 3.05) is 18.8 Å². The fraction of sp³-hybridized carbons (Fsp3) is 0.259. The minimum atomic E-state index is 0.517. The van der Waals surface area contributed by atoms with Gasteiger partial charge < -0.3 is 10.7 Å². The second-order valence-electron chi connectivity index (χ2n) is 8.60. The summed E-state index contributed by atoms with van der Waals surface area (Å²) >= 11 is 0. The molecule has 0 bridgehead atoms. The number of rotatable bonds is 8. The summed E-state index contributed by atoms with van der Waals surface area (Å²) in [5, 5.41) is 9.11. The maximum absolute atomic E-state index is 6.04. The molecule has 0 amide bonds. The molecule has 2 aromatic carbocycles. The normalized spacial score (nSPS) is 11.7. The zero-order chi connectivity index (χ0) is 22.8. The van der Waals surface area contributed by atoms with Gasteiger partial charge in [0.2, 0.25) is 0 Å². The van der Waals surface area contributed by atoms with E-state index in [2.05, 4.69) is 87.4 Å².